The Bertz CT molecular complexity index is 1250. The van der Waals surface area contributed by atoms with Gasteiger partial charge in [-0.15, -0.1) is 5.10 Å². The van der Waals surface area contributed by atoms with Crippen LogP contribution in [0.2, 0.25) is 0 Å². The van der Waals surface area contributed by atoms with Crippen molar-refractivity contribution in [3.05, 3.63) is 84.4 Å². The number of hydrogen-bond donors (Lipinski definition) is 2. The molecule has 0 saturated heterocycles. The summed E-state index contributed by atoms with van der Waals surface area (Å²) in [4.78, 5) is 18.1. The predicted molar refractivity (Wildman–Crippen MR) is 107 cm³/mol. The van der Waals surface area contributed by atoms with Gasteiger partial charge >= 0.3 is 0 Å². The lowest BCUT2D eigenvalue weighted by Crippen LogP contribution is -2.51. The third kappa shape index (κ3) is 1.84. The van der Waals surface area contributed by atoms with E-state index in [1.807, 2.05) is 78.9 Å². The number of aromatic nitrogens is 3. The molecule has 3 aromatic carbocycles. The van der Waals surface area contributed by atoms with Crippen LogP contribution in [0.3, 0.4) is 0 Å². The Labute approximate surface area is 160 Å². The number of para-hydroxylation sites is 2. The topological polar surface area (TPSA) is 71.8 Å². The maximum Gasteiger partial charge on any atom is 0.278 e. The molecule has 1 spiro atoms. The van der Waals surface area contributed by atoms with Crippen molar-refractivity contribution in [1.82, 2.24) is 14.8 Å². The zero-order valence-electron chi connectivity index (χ0n) is 14.8. The van der Waals surface area contributed by atoms with Crippen LogP contribution in [0.25, 0.3) is 22.8 Å². The Morgan fingerprint density at radius 1 is 0.821 bits per heavy atom. The second-order valence-corrected chi connectivity index (χ2v) is 6.92. The van der Waals surface area contributed by atoms with Crippen LogP contribution in [0.1, 0.15) is 5.56 Å². The summed E-state index contributed by atoms with van der Waals surface area (Å²) in [7, 11) is 0. The molecule has 0 saturated carbocycles. The van der Waals surface area contributed by atoms with Gasteiger partial charge in [0.05, 0.1) is 0 Å². The Morgan fingerprint density at radius 3 is 2.39 bits per heavy atom. The number of amides is 1. The van der Waals surface area contributed by atoms with E-state index in [4.69, 9.17) is 10.1 Å². The fourth-order valence-corrected chi connectivity index (χ4v) is 4.04. The maximum atomic E-state index is 13.3. The number of nitrogens with zero attached hydrogens (tertiary/aromatic N) is 3. The van der Waals surface area contributed by atoms with Crippen molar-refractivity contribution in [2.75, 3.05) is 10.6 Å². The minimum absolute atomic E-state index is 0.172. The molecule has 2 aliphatic heterocycles. The fourth-order valence-electron chi connectivity index (χ4n) is 4.04. The first kappa shape index (κ1) is 15.2. The lowest BCUT2D eigenvalue weighted by molar-refractivity contribution is -0.121. The number of anilines is 2. The third-order valence-electron chi connectivity index (χ3n) is 5.33. The van der Waals surface area contributed by atoms with Crippen molar-refractivity contribution >= 4 is 17.3 Å². The number of benzene rings is 3. The second kappa shape index (κ2) is 5.29. The lowest BCUT2D eigenvalue weighted by atomic mass is 9.96. The van der Waals surface area contributed by atoms with Gasteiger partial charge < -0.3 is 10.6 Å². The summed E-state index contributed by atoms with van der Waals surface area (Å²) >= 11 is 0. The molecule has 0 bridgehead atoms. The average Bonchev–Trinajstić information content (AvgIpc) is 3.30. The largest absolute Gasteiger partial charge is 0.349 e. The van der Waals surface area contributed by atoms with Crippen molar-refractivity contribution in [2.45, 2.75) is 5.66 Å². The summed E-state index contributed by atoms with van der Waals surface area (Å²) in [5, 5.41) is 11.2. The van der Waals surface area contributed by atoms with Crippen molar-refractivity contribution < 1.29 is 4.79 Å². The summed E-state index contributed by atoms with van der Waals surface area (Å²) in [6.45, 7) is 0. The highest BCUT2D eigenvalue weighted by atomic mass is 16.2. The Morgan fingerprint density at radius 2 is 1.54 bits per heavy atom. The van der Waals surface area contributed by atoms with Gasteiger partial charge in [0.25, 0.3) is 5.91 Å². The minimum Gasteiger partial charge on any atom is -0.349 e. The summed E-state index contributed by atoms with van der Waals surface area (Å²) in [5.41, 5.74) is 3.13. The molecule has 6 nitrogen and oxygen atoms in total. The fraction of sp³-hybridized carbons (Fsp3) is 0.0455. The van der Waals surface area contributed by atoms with E-state index in [2.05, 4.69) is 10.6 Å². The Balaban J connectivity index is 1.68. The lowest BCUT2D eigenvalue weighted by Gasteiger charge is -2.35. The van der Waals surface area contributed by atoms with E-state index >= 15 is 0 Å². The first-order chi connectivity index (χ1) is 13.8. The van der Waals surface area contributed by atoms with Crippen LogP contribution in [0.15, 0.2) is 78.9 Å². The molecule has 134 valence electrons. The van der Waals surface area contributed by atoms with Gasteiger partial charge in [0.15, 0.2) is 11.6 Å². The van der Waals surface area contributed by atoms with Crippen LogP contribution < -0.4 is 10.6 Å². The van der Waals surface area contributed by atoms with Gasteiger partial charge in [0, 0.05) is 28.1 Å². The Kier molecular flexibility index (Phi) is 2.87. The average molecular weight is 365 g/mol. The maximum absolute atomic E-state index is 13.3. The number of hydrogen-bond acceptors (Lipinski definition) is 4. The molecule has 4 aromatic rings. The molecule has 1 amide bonds. The van der Waals surface area contributed by atoms with Gasteiger partial charge in [-0.2, -0.15) is 0 Å². The van der Waals surface area contributed by atoms with E-state index in [0.29, 0.717) is 11.6 Å². The predicted octanol–water partition coefficient (Wildman–Crippen LogP) is 3.69. The van der Waals surface area contributed by atoms with Gasteiger partial charge in [-0.1, -0.05) is 60.7 Å². The molecule has 6 rings (SSSR count). The van der Waals surface area contributed by atoms with Crippen LogP contribution in [-0.2, 0) is 10.5 Å². The van der Waals surface area contributed by atoms with Crippen molar-refractivity contribution in [2.24, 2.45) is 0 Å². The van der Waals surface area contributed by atoms with Gasteiger partial charge in [0.1, 0.15) is 0 Å². The van der Waals surface area contributed by atoms with Crippen LogP contribution in [0, 0.1) is 0 Å². The molecule has 2 N–H and O–H groups in total. The number of fused-ring (bicyclic) bond motifs is 6. The normalized spacial score (nSPS) is 18.8. The molecule has 3 heterocycles. The van der Waals surface area contributed by atoms with Gasteiger partial charge in [-0.3, -0.25) is 4.79 Å². The SMILES string of the molecule is O=C1Nc2ccccc2[C@]12Nc1ccccc1-c1nc(-c3ccccc3)nn12. The smallest absolute Gasteiger partial charge is 0.278 e. The van der Waals surface area contributed by atoms with Gasteiger partial charge in [-0.05, 0) is 18.2 Å². The first-order valence-corrected chi connectivity index (χ1v) is 9.09. The number of rotatable bonds is 1. The van der Waals surface area contributed by atoms with E-state index in [1.54, 1.807) is 4.68 Å². The minimum atomic E-state index is -1.17. The standard InChI is InChI=1S/C22H15N5O/c28-21-22(16-11-5-7-13-18(16)23-21)25-17-12-6-4-10-15(17)20-24-19(26-27(20)22)14-8-2-1-3-9-14/h1-13,25H,(H,23,28)/t22-/m1/s1. The van der Waals surface area contributed by atoms with E-state index in [9.17, 15) is 4.79 Å². The van der Waals surface area contributed by atoms with Crippen molar-refractivity contribution in [3.63, 3.8) is 0 Å². The van der Waals surface area contributed by atoms with Crippen molar-refractivity contribution in [1.29, 1.82) is 0 Å². The molecular formula is C22H15N5O. The van der Waals surface area contributed by atoms with Crippen molar-refractivity contribution in [3.8, 4) is 22.8 Å². The molecular weight excluding hydrogens is 350 g/mol. The molecule has 0 aliphatic carbocycles. The zero-order chi connectivity index (χ0) is 18.7. The van der Waals surface area contributed by atoms with Crippen LogP contribution in [-0.4, -0.2) is 20.7 Å². The van der Waals surface area contributed by atoms with E-state index in [0.717, 1.165) is 28.1 Å². The highest BCUT2D eigenvalue weighted by Crippen LogP contribution is 2.46. The molecule has 0 unspecified atom stereocenters. The second-order valence-electron chi connectivity index (χ2n) is 6.92. The summed E-state index contributed by atoms with van der Waals surface area (Å²) in [6, 6.07) is 25.3. The molecule has 1 aromatic heterocycles. The molecule has 6 heteroatoms. The van der Waals surface area contributed by atoms with E-state index in [1.165, 1.54) is 0 Å². The van der Waals surface area contributed by atoms with Crippen LogP contribution >= 0.6 is 0 Å². The Hall–Kier alpha value is -3.93. The van der Waals surface area contributed by atoms with E-state index < -0.39 is 5.66 Å². The highest BCUT2D eigenvalue weighted by molar-refractivity contribution is 6.09. The monoisotopic (exact) mass is 365 g/mol. The molecule has 0 fully saturated rings. The summed E-state index contributed by atoms with van der Waals surface area (Å²) in [6.07, 6.45) is 0. The highest BCUT2D eigenvalue weighted by Gasteiger charge is 2.53. The van der Waals surface area contributed by atoms with Crippen LogP contribution in [0.4, 0.5) is 11.4 Å². The summed E-state index contributed by atoms with van der Waals surface area (Å²) in [5.74, 6) is 1.08. The molecule has 28 heavy (non-hydrogen) atoms. The van der Waals surface area contributed by atoms with Gasteiger partial charge in [-0.25, -0.2) is 9.67 Å². The third-order valence-corrected chi connectivity index (χ3v) is 5.33. The van der Waals surface area contributed by atoms with E-state index in [-0.39, 0.29) is 5.91 Å². The zero-order valence-corrected chi connectivity index (χ0v) is 14.8. The first-order valence-electron chi connectivity index (χ1n) is 9.09. The van der Waals surface area contributed by atoms with Crippen LogP contribution in [0.5, 0.6) is 0 Å². The quantitative estimate of drug-likeness (QED) is 0.540. The number of carbonyl (C=O) groups excluding carboxylic acids is 1. The summed E-state index contributed by atoms with van der Waals surface area (Å²) < 4.78 is 1.72. The molecule has 2 aliphatic rings. The van der Waals surface area contributed by atoms with Gasteiger partial charge in [0.2, 0.25) is 5.66 Å². The molecule has 0 radical (unpaired) electrons. The number of carbonyl (C=O) groups is 1. The molecule has 1 atom stereocenters. The number of nitrogens with one attached hydrogen (secondary N) is 2.